The molecule has 0 bridgehead atoms. The number of nitrogens with one attached hydrogen (secondary N) is 1. The summed E-state index contributed by atoms with van der Waals surface area (Å²) in [4.78, 5) is 14.5. The molecule has 2 rings (SSSR count). The van der Waals surface area contributed by atoms with E-state index in [0.29, 0.717) is 6.54 Å². The molecule has 146 valence electrons. The number of sulfone groups is 1. The number of benzene rings is 1. The van der Waals surface area contributed by atoms with E-state index in [2.05, 4.69) is 5.32 Å². The van der Waals surface area contributed by atoms with E-state index in [-0.39, 0.29) is 33.7 Å². The van der Waals surface area contributed by atoms with Gasteiger partial charge in [-0.1, -0.05) is 6.92 Å². The lowest BCUT2D eigenvalue weighted by molar-refractivity contribution is 0.0100. The molecule has 1 aromatic carbocycles. The van der Waals surface area contributed by atoms with Gasteiger partial charge in [0.25, 0.3) is 5.91 Å². The predicted octanol–water partition coefficient (Wildman–Crippen LogP) is 0.604. The Kier molecular flexibility index (Phi) is 6.48. The van der Waals surface area contributed by atoms with Crippen molar-refractivity contribution in [2.24, 2.45) is 0 Å². The molecular weight excluding hydrogens is 358 g/mol. The Labute approximate surface area is 154 Å². The number of carbonyl (C=O) groups is 1. The smallest absolute Gasteiger partial charge is 0.255 e. The fourth-order valence-electron chi connectivity index (χ4n) is 3.22. The normalized spacial score (nSPS) is 19.3. The molecule has 0 aromatic heterocycles. The molecule has 0 aliphatic carbocycles. The fourth-order valence-corrected chi connectivity index (χ4v) is 4.25. The van der Waals surface area contributed by atoms with E-state index in [1.807, 2.05) is 4.90 Å². The Hall–Kier alpha value is -1.84. The van der Waals surface area contributed by atoms with Gasteiger partial charge >= 0.3 is 0 Å². The first-order valence-corrected chi connectivity index (χ1v) is 10.3. The second-order valence-electron chi connectivity index (χ2n) is 6.37. The van der Waals surface area contributed by atoms with Crippen molar-refractivity contribution in [1.29, 1.82) is 0 Å². The second-order valence-corrected chi connectivity index (χ2v) is 8.62. The number of carbonyl (C=O) groups excluding carboxylic acids is 1. The van der Waals surface area contributed by atoms with Crippen molar-refractivity contribution < 1.29 is 23.1 Å². The van der Waals surface area contributed by atoms with Crippen molar-refractivity contribution in [1.82, 2.24) is 10.2 Å². The first kappa shape index (κ1) is 20.5. The van der Waals surface area contributed by atoms with Crippen LogP contribution in [0.25, 0.3) is 0 Å². The van der Waals surface area contributed by atoms with E-state index in [1.54, 1.807) is 6.92 Å². The zero-order valence-electron chi connectivity index (χ0n) is 15.4. The van der Waals surface area contributed by atoms with Crippen LogP contribution in [-0.4, -0.2) is 62.6 Å². The van der Waals surface area contributed by atoms with Crippen LogP contribution >= 0.6 is 0 Å². The maximum absolute atomic E-state index is 12.6. The molecule has 0 saturated carbocycles. The van der Waals surface area contributed by atoms with Gasteiger partial charge in [0.05, 0.1) is 29.0 Å². The van der Waals surface area contributed by atoms with Gasteiger partial charge in [0, 0.05) is 25.2 Å². The molecule has 0 spiro atoms. The monoisotopic (exact) mass is 385 g/mol. The Bertz CT molecular complexity index is 764. The summed E-state index contributed by atoms with van der Waals surface area (Å²) in [5, 5.41) is 12.6. The molecule has 1 aliphatic heterocycles. The minimum absolute atomic E-state index is 0.0394. The summed E-state index contributed by atoms with van der Waals surface area (Å²) < 4.78 is 29.6. The van der Waals surface area contributed by atoms with Crippen LogP contribution in [0.15, 0.2) is 17.0 Å². The van der Waals surface area contributed by atoms with E-state index in [9.17, 15) is 18.3 Å². The standard InChI is InChI=1S/C17H27N3O5S/c1-4-26(23,24)16-8-13(15(25-3)9-14(16)18)17(22)19-10-12-6-5-7-20(12)11(2)21/h8-9,11-12,21H,4-7,10,18H2,1-3H3,(H,19,22). The number of aliphatic hydroxyl groups excluding tert-OH is 1. The fraction of sp³-hybridized carbons (Fsp3) is 0.588. The SMILES string of the molecule is CCS(=O)(=O)c1cc(C(=O)NCC2CCCN2C(C)O)c(OC)cc1N. The highest BCUT2D eigenvalue weighted by molar-refractivity contribution is 7.91. The van der Waals surface area contributed by atoms with Crippen molar-refractivity contribution in [2.45, 2.75) is 43.9 Å². The van der Waals surface area contributed by atoms with Crippen LogP contribution in [-0.2, 0) is 9.84 Å². The van der Waals surface area contributed by atoms with Gasteiger partial charge in [-0.2, -0.15) is 0 Å². The highest BCUT2D eigenvalue weighted by atomic mass is 32.2. The Morgan fingerprint density at radius 3 is 2.77 bits per heavy atom. The van der Waals surface area contributed by atoms with Crippen LogP contribution < -0.4 is 15.8 Å². The number of nitrogens with two attached hydrogens (primary N) is 1. The Morgan fingerprint density at radius 2 is 2.19 bits per heavy atom. The molecule has 0 radical (unpaired) electrons. The summed E-state index contributed by atoms with van der Waals surface area (Å²) in [5.41, 5.74) is 6.00. The number of nitrogen functional groups attached to an aromatic ring is 1. The van der Waals surface area contributed by atoms with Crippen LogP contribution in [0, 0.1) is 0 Å². The van der Waals surface area contributed by atoms with E-state index in [4.69, 9.17) is 10.5 Å². The predicted molar refractivity (Wildman–Crippen MR) is 98.9 cm³/mol. The van der Waals surface area contributed by atoms with Crippen LogP contribution in [0.5, 0.6) is 5.75 Å². The molecule has 9 heteroatoms. The number of methoxy groups -OCH3 is 1. The van der Waals surface area contributed by atoms with Gasteiger partial charge in [-0.15, -0.1) is 0 Å². The molecule has 2 unspecified atom stereocenters. The van der Waals surface area contributed by atoms with Gasteiger partial charge in [0.1, 0.15) is 12.0 Å². The van der Waals surface area contributed by atoms with Crippen LogP contribution in [0.3, 0.4) is 0 Å². The van der Waals surface area contributed by atoms with E-state index >= 15 is 0 Å². The molecular formula is C17H27N3O5S. The average Bonchev–Trinajstić information content (AvgIpc) is 3.07. The van der Waals surface area contributed by atoms with Crippen LogP contribution in [0.2, 0.25) is 0 Å². The lowest BCUT2D eigenvalue weighted by atomic mass is 10.1. The Morgan fingerprint density at radius 1 is 1.50 bits per heavy atom. The number of hydrogen-bond donors (Lipinski definition) is 3. The van der Waals surface area contributed by atoms with Gasteiger partial charge in [-0.25, -0.2) is 8.42 Å². The van der Waals surface area contributed by atoms with E-state index in [1.165, 1.54) is 26.2 Å². The van der Waals surface area contributed by atoms with Crippen molar-refractivity contribution in [2.75, 3.05) is 31.7 Å². The van der Waals surface area contributed by atoms with E-state index in [0.717, 1.165) is 19.4 Å². The summed E-state index contributed by atoms with van der Waals surface area (Å²) in [7, 11) is -2.17. The largest absolute Gasteiger partial charge is 0.496 e. The second kappa shape index (κ2) is 8.24. The first-order chi connectivity index (χ1) is 12.2. The molecule has 1 fully saturated rings. The van der Waals surface area contributed by atoms with Crippen molar-refractivity contribution in [3.8, 4) is 5.75 Å². The van der Waals surface area contributed by atoms with E-state index < -0.39 is 22.0 Å². The van der Waals surface area contributed by atoms with Gasteiger partial charge < -0.3 is 20.9 Å². The third-order valence-corrected chi connectivity index (χ3v) is 6.48. The van der Waals surface area contributed by atoms with Crippen LogP contribution in [0.1, 0.15) is 37.0 Å². The highest BCUT2D eigenvalue weighted by Gasteiger charge is 2.28. The van der Waals surface area contributed by atoms with Crippen LogP contribution in [0.4, 0.5) is 5.69 Å². The number of nitrogens with zero attached hydrogens (tertiary/aromatic N) is 1. The maximum atomic E-state index is 12.6. The number of aliphatic hydroxyl groups is 1. The van der Waals surface area contributed by atoms with Gasteiger partial charge in [-0.3, -0.25) is 9.69 Å². The zero-order valence-corrected chi connectivity index (χ0v) is 16.2. The number of rotatable bonds is 7. The molecule has 2 atom stereocenters. The van der Waals surface area contributed by atoms with Crippen molar-refractivity contribution >= 4 is 21.4 Å². The summed E-state index contributed by atoms with van der Waals surface area (Å²) >= 11 is 0. The number of ether oxygens (including phenoxy) is 1. The molecule has 26 heavy (non-hydrogen) atoms. The topological polar surface area (TPSA) is 122 Å². The third-order valence-electron chi connectivity index (χ3n) is 4.69. The van der Waals surface area contributed by atoms with Gasteiger partial charge in [-0.05, 0) is 25.8 Å². The average molecular weight is 385 g/mol. The van der Waals surface area contributed by atoms with Gasteiger partial charge in [0.2, 0.25) is 0 Å². The number of anilines is 1. The molecule has 1 aromatic rings. The lowest BCUT2D eigenvalue weighted by Gasteiger charge is -2.27. The quantitative estimate of drug-likeness (QED) is 0.588. The lowest BCUT2D eigenvalue weighted by Crippen LogP contribution is -2.44. The van der Waals surface area contributed by atoms with Gasteiger partial charge in [0.15, 0.2) is 9.84 Å². The minimum Gasteiger partial charge on any atom is -0.496 e. The maximum Gasteiger partial charge on any atom is 0.255 e. The number of likely N-dealkylation sites (tertiary alicyclic amines) is 1. The zero-order chi connectivity index (χ0) is 19.5. The van der Waals surface area contributed by atoms with Crippen molar-refractivity contribution in [3.63, 3.8) is 0 Å². The number of hydrogen-bond acceptors (Lipinski definition) is 7. The summed E-state index contributed by atoms with van der Waals surface area (Å²) in [6, 6.07) is 2.66. The molecule has 1 saturated heterocycles. The number of amides is 1. The molecule has 8 nitrogen and oxygen atoms in total. The summed E-state index contributed by atoms with van der Waals surface area (Å²) in [6.45, 7) is 4.35. The molecule has 4 N–H and O–H groups in total. The Balaban J connectivity index is 2.23. The summed E-state index contributed by atoms with van der Waals surface area (Å²) in [6.07, 6.45) is 1.25. The molecule has 1 amide bonds. The first-order valence-electron chi connectivity index (χ1n) is 8.63. The van der Waals surface area contributed by atoms with Crippen molar-refractivity contribution in [3.05, 3.63) is 17.7 Å². The molecule has 1 heterocycles. The highest BCUT2D eigenvalue weighted by Crippen LogP contribution is 2.29. The third kappa shape index (κ3) is 4.28. The minimum atomic E-state index is -3.56. The summed E-state index contributed by atoms with van der Waals surface area (Å²) in [5.74, 6) is -0.337. The molecule has 1 aliphatic rings.